The Bertz CT molecular complexity index is 1730. The molecule has 1 aromatic heterocycles. The number of allylic oxidation sites excluding steroid dienone is 1. The highest BCUT2D eigenvalue weighted by molar-refractivity contribution is 8.18. The number of H-pyrrole nitrogens is 1. The van der Waals surface area contributed by atoms with Crippen LogP contribution < -0.4 is 0 Å². The molecule has 3 heterocycles. The van der Waals surface area contributed by atoms with Crippen molar-refractivity contribution in [3.05, 3.63) is 69.8 Å². The van der Waals surface area contributed by atoms with E-state index in [9.17, 15) is 41.0 Å². The molecule has 0 saturated carbocycles. The van der Waals surface area contributed by atoms with Gasteiger partial charge in [-0.2, -0.15) is 36.4 Å². The van der Waals surface area contributed by atoms with Crippen molar-refractivity contribution in [2.24, 2.45) is 4.99 Å². The normalized spacial score (nSPS) is 19.1. The van der Waals surface area contributed by atoms with Gasteiger partial charge in [-0.1, -0.05) is 12.1 Å². The standard InChI is InChI=1S/C30H29F6N5O4S/c1-28(2,3)45-27(44)41-9-8-40(14-20(41)15-42)26-38-25(43)24(46-26)21(16-5-7-23-18(10-16)13-37-39-23)11-17-4-6-19(29(31,32)33)12-22(17)30(34,35)36/h4-7,10,12-13,20,42H,8-9,11,14-15H2,1-3H3,(H,37,39)/t20-/m0/s1. The SMILES string of the molecule is CC(C)(C)OC(=O)N1CCN(C2=NC(=O)C(=C(Cc3ccc(C(F)(F)F)cc3C(F)(F)F)c3ccc4[nH]ncc4c3)S2)C[C@H]1CO. The first-order chi connectivity index (χ1) is 21.4. The molecule has 46 heavy (non-hydrogen) atoms. The molecule has 1 atom stereocenters. The number of benzene rings is 2. The summed E-state index contributed by atoms with van der Waals surface area (Å²) in [5, 5.41) is 17.6. The molecule has 16 heteroatoms. The van der Waals surface area contributed by atoms with Crippen LogP contribution in [0.5, 0.6) is 0 Å². The van der Waals surface area contributed by atoms with Crippen LogP contribution in [0.15, 0.2) is 52.5 Å². The zero-order chi connectivity index (χ0) is 33.6. The fraction of sp³-hybridized carbons (Fsp3) is 0.400. The van der Waals surface area contributed by atoms with Crippen molar-refractivity contribution in [2.75, 3.05) is 26.2 Å². The molecule has 2 aromatic carbocycles. The molecule has 1 saturated heterocycles. The molecular formula is C30H29F6N5O4S. The number of nitrogens with one attached hydrogen (secondary N) is 1. The van der Waals surface area contributed by atoms with Gasteiger partial charge in [0, 0.05) is 25.0 Å². The van der Waals surface area contributed by atoms with E-state index in [1.807, 2.05) is 0 Å². The Labute approximate surface area is 263 Å². The number of amidine groups is 1. The van der Waals surface area contributed by atoms with Gasteiger partial charge in [0.1, 0.15) is 5.60 Å². The van der Waals surface area contributed by atoms with E-state index < -0.39 is 65.7 Å². The predicted octanol–water partition coefficient (Wildman–Crippen LogP) is 6.10. The molecule has 0 unspecified atom stereocenters. The third-order valence-electron chi connectivity index (χ3n) is 7.35. The van der Waals surface area contributed by atoms with Crippen molar-refractivity contribution in [3.8, 4) is 0 Å². The highest BCUT2D eigenvalue weighted by Crippen LogP contribution is 2.42. The second-order valence-electron chi connectivity index (χ2n) is 11.8. The summed E-state index contributed by atoms with van der Waals surface area (Å²) in [5.74, 6) is -0.738. The maximum atomic E-state index is 14.1. The zero-order valence-corrected chi connectivity index (χ0v) is 25.6. The maximum absolute atomic E-state index is 14.1. The van der Waals surface area contributed by atoms with Crippen LogP contribution in [0.4, 0.5) is 31.1 Å². The van der Waals surface area contributed by atoms with Gasteiger partial charge in [-0.3, -0.25) is 14.8 Å². The van der Waals surface area contributed by atoms with Crippen molar-refractivity contribution in [1.82, 2.24) is 20.0 Å². The van der Waals surface area contributed by atoms with Crippen LogP contribution >= 0.6 is 11.8 Å². The Hall–Kier alpha value is -4.05. The lowest BCUT2D eigenvalue weighted by Crippen LogP contribution is -2.58. The largest absolute Gasteiger partial charge is 0.444 e. The summed E-state index contributed by atoms with van der Waals surface area (Å²) < 4.78 is 87.7. The number of alkyl halides is 6. The highest BCUT2D eigenvalue weighted by Gasteiger charge is 2.40. The van der Waals surface area contributed by atoms with Crippen LogP contribution in [0.3, 0.4) is 0 Å². The average molecular weight is 670 g/mol. The summed E-state index contributed by atoms with van der Waals surface area (Å²) in [6.07, 6.45) is -9.75. The number of hydrogen-bond donors (Lipinski definition) is 2. The van der Waals surface area contributed by atoms with Crippen LogP contribution in [0.2, 0.25) is 0 Å². The minimum atomic E-state index is -5.11. The van der Waals surface area contributed by atoms with E-state index >= 15 is 0 Å². The first kappa shape index (κ1) is 33.3. The topological polar surface area (TPSA) is 111 Å². The molecule has 3 aromatic rings. The van der Waals surface area contributed by atoms with Crippen molar-refractivity contribution < 1.29 is 45.8 Å². The molecule has 9 nitrogen and oxygen atoms in total. The second kappa shape index (κ2) is 12.3. The first-order valence-corrected chi connectivity index (χ1v) is 14.9. The Morgan fingerprint density at radius 2 is 1.80 bits per heavy atom. The molecular weight excluding hydrogens is 640 g/mol. The number of thioether (sulfide) groups is 1. The number of aliphatic hydroxyl groups is 1. The van der Waals surface area contributed by atoms with Crippen LogP contribution in [0.1, 0.15) is 43.0 Å². The lowest BCUT2D eigenvalue weighted by Gasteiger charge is -2.41. The Morgan fingerprint density at radius 3 is 2.46 bits per heavy atom. The number of rotatable bonds is 4. The Morgan fingerprint density at radius 1 is 1.07 bits per heavy atom. The quantitative estimate of drug-likeness (QED) is 0.255. The minimum absolute atomic E-state index is 0.000914. The van der Waals surface area contributed by atoms with Gasteiger partial charge in [-0.05, 0) is 79.9 Å². The van der Waals surface area contributed by atoms with Gasteiger partial charge in [0.2, 0.25) is 0 Å². The fourth-order valence-corrected chi connectivity index (χ4v) is 6.22. The monoisotopic (exact) mass is 669 g/mol. The molecule has 2 amide bonds. The Kier molecular flexibility index (Phi) is 8.90. The number of hydrogen-bond acceptors (Lipinski definition) is 7. The van der Waals surface area contributed by atoms with E-state index in [1.165, 1.54) is 11.1 Å². The lowest BCUT2D eigenvalue weighted by molar-refractivity contribution is -0.143. The van der Waals surface area contributed by atoms with Gasteiger partial charge >= 0.3 is 18.4 Å². The van der Waals surface area contributed by atoms with Gasteiger partial charge in [0.25, 0.3) is 5.91 Å². The molecule has 0 aliphatic carbocycles. The number of aromatic nitrogens is 2. The first-order valence-electron chi connectivity index (χ1n) is 14.0. The van der Waals surface area contributed by atoms with Crippen LogP contribution in [0.25, 0.3) is 16.5 Å². The van der Waals surface area contributed by atoms with Gasteiger partial charge in [-0.15, -0.1) is 0 Å². The average Bonchev–Trinajstić information content (AvgIpc) is 3.59. The second-order valence-corrected chi connectivity index (χ2v) is 12.8. The number of carbonyl (C=O) groups excluding carboxylic acids is 2. The van der Waals surface area contributed by atoms with Gasteiger partial charge < -0.3 is 14.7 Å². The molecule has 2 aliphatic heterocycles. The van der Waals surface area contributed by atoms with Crippen LogP contribution in [-0.4, -0.2) is 80.2 Å². The molecule has 0 spiro atoms. The number of aromatic amines is 1. The summed E-state index contributed by atoms with van der Waals surface area (Å²) in [5.41, 5.74) is -3.02. The molecule has 2 aliphatic rings. The molecule has 5 rings (SSSR count). The third-order valence-corrected chi connectivity index (χ3v) is 8.51. The molecule has 1 fully saturated rings. The van der Waals surface area contributed by atoms with E-state index in [0.717, 1.165) is 17.8 Å². The smallest absolute Gasteiger partial charge is 0.416 e. The summed E-state index contributed by atoms with van der Waals surface area (Å²) in [7, 11) is 0. The number of fused-ring (bicyclic) bond motifs is 1. The number of amides is 2. The number of halogens is 6. The van der Waals surface area contributed by atoms with Crippen molar-refractivity contribution >= 4 is 45.4 Å². The summed E-state index contributed by atoms with van der Waals surface area (Å²) in [6, 6.07) is 5.55. The number of piperazine rings is 1. The fourth-order valence-electron chi connectivity index (χ4n) is 5.17. The minimum Gasteiger partial charge on any atom is -0.444 e. The molecule has 0 bridgehead atoms. The number of nitrogens with zero attached hydrogens (tertiary/aromatic N) is 4. The molecule has 246 valence electrons. The summed E-state index contributed by atoms with van der Waals surface area (Å²) in [4.78, 5) is 33.3. The van der Waals surface area contributed by atoms with Gasteiger partial charge in [-0.25, -0.2) is 4.79 Å². The number of aliphatic hydroxyl groups excluding tert-OH is 1. The summed E-state index contributed by atoms with van der Waals surface area (Å²) in [6.45, 7) is 5.17. The van der Waals surface area contributed by atoms with Crippen molar-refractivity contribution in [2.45, 2.75) is 51.2 Å². The van der Waals surface area contributed by atoms with E-state index in [4.69, 9.17) is 4.74 Å². The lowest BCUT2D eigenvalue weighted by atomic mass is 9.92. The molecule has 2 N–H and O–H groups in total. The maximum Gasteiger partial charge on any atom is 0.416 e. The molecule has 0 radical (unpaired) electrons. The van der Waals surface area contributed by atoms with Crippen LogP contribution in [0, 0.1) is 0 Å². The van der Waals surface area contributed by atoms with E-state index in [1.54, 1.807) is 43.9 Å². The number of carbonyl (C=O) groups is 2. The number of ether oxygens (including phenoxy) is 1. The Balaban J connectivity index is 1.50. The van der Waals surface area contributed by atoms with E-state index in [0.29, 0.717) is 22.5 Å². The third kappa shape index (κ3) is 7.17. The zero-order valence-electron chi connectivity index (χ0n) is 24.8. The van der Waals surface area contributed by atoms with Crippen LogP contribution in [-0.2, 0) is 28.3 Å². The highest BCUT2D eigenvalue weighted by atomic mass is 32.2. The van der Waals surface area contributed by atoms with E-state index in [2.05, 4.69) is 15.2 Å². The van der Waals surface area contributed by atoms with Gasteiger partial charge in [0.15, 0.2) is 5.17 Å². The number of aliphatic imine (C=N–C) groups is 1. The van der Waals surface area contributed by atoms with Crippen molar-refractivity contribution in [1.29, 1.82) is 0 Å². The summed E-state index contributed by atoms with van der Waals surface area (Å²) >= 11 is 0.913. The van der Waals surface area contributed by atoms with Gasteiger partial charge in [0.05, 0.1) is 40.4 Å². The predicted molar refractivity (Wildman–Crippen MR) is 159 cm³/mol. The van der Waals surface area contributed by atoms with E-state index in [-0.39, 0.29) is 41.3 Å². The van der Waals surface area contributed by atoms with Crippen molar-refractivity contribution in [3.63, 3.8) is 0 Å².